The molecule has 3 aliphatic rings. The fourth-order valence-corrected chi connectivity index (χ4v) is 3.29. The molecule has 0 saturated carbocycles. The van der Waals surface area contributed by atoms with E-state index in [4.69, 9.17) is 4.74 Å². The van der Waals surface area contributed by atoms with Crippen LogP contribution in [0.3, 0.4) is 0 Å². The van der Waals surface area contributed by atoms with Gasteiger partial charge in [0.1, 0.15) is 0 Å². The average Bonchev–Trinajstić information content (AvgIpc) is 2.60. The summed E-state index contributed by atoms with van der Waals surface area (Å²) in [6, 6.07) is 1.60. The van der Waals surface area contributed by atoms with Crippen LogP contribution in [0.2, 0.25) is 0 Å². The Balaban J connectivity index is 0.000000963. The first-order chi connectivity index (χ1) is 7.40. The van der Waals surface area contributed by atoms with Crippen molar-refractivity contribution in [3.63, 3.8) is 0 Å². The van der Waals surface area contributed by atoms with Gasteiger partial charge in [0.05, 0.1) is 0 Å². The van der Waals surface area contributed by atoms with Crippen molar-refractivity contribution < 1.29 is 4.74 Å². The van der Waals surface area contributed by atoms with Crippen LogP contribution in [-0.2, 0) is 4.74 Å². The normalized spacial score (nSPS) is 34.6. The Bertz CT molecular complexity index is 247. The molecule has 3 saturated heterocycles. The molecule has 3 heterocycles. The monoisotopic (exact) mass is 243 g/mol. The molecule has 3 heteroatoms. The van der Waals surface area contributed by atoms with Crippen molar-refractivity contribution in [1.82, 2.24) is 5.32 Å². The molecule has 0 aromatic heterocycles. The van der Waals surface area contributed by atoms with Gasteiger partial charge in [0.2, 0.25) is 0 Å². The predicted molar refractivity (Wildman–Crippen MR) is 68.1 cm³/mol. The van der Waals surface area contributed by atoms with E-state index in [2.05, 4.69) is 11.4 Å². The van der Waals surface area contributed by atoms with Gasteiger partial charge in [-0.3, -0.25) is 0 Å². The van der Waals surface area contributed by atoms with Crippen molar-refractivity contribution >= 4 is 12.4 Å². The van der Waals surface area contributed by atoms with Gasteiger partial charge in [-0.2, -0.15) is 0 Å². The Morgan fingerprint density at radius 3 is 2.25 bits per heavy atom. The lowest BCUT2D eigenvalue weighted by Crippen LogP contribution is -2.35. The summed E-state index contributed by atoms with van der Waals surface area (Å²) < 4.78 is 5.40. The minimum atomic E-state index is 0. The fraction of sp³-hybridized carbons (Fsp3) is 0.846. The van der Waals surface area contributed by atoms with E-state index in [0.717, 1.165) is 31.2 Å². The number of allylic oxidation sites excluding steroid dienone is 1. The Hall–Kier alpha value is -0.0500. The quantitative estimate of drug-likeness (QED) is 0.715. The van der Waals surface area contributed by atoms with Crippen molar-refractivity contribution in [1.29, 1.82) is 0 Å². The number of ether oxygens (including phenoxy) is 1. The number of halogens is 1. The number of nitrogens with one attached hydrogen (secondary N) is 1. The second kappa shape index (κ2) is 5.52. The van der Waals surface area contributed by atoms with E-state index in [9.17, 15) is 0 Å². The molecule has 3 fully saturated rings. The predicted octanol–water partition coefficient (Wildman–Crippen LogP) is 2.68. The molecule has 0 amide bonds. The topological polar surface area (TPSA) is 21.3 Å². The molecule has 2 unspecified atom stereocenters. The first kappa shape index (κ1) is 12.4. The number of hydrogen-bond acceptors (Lipinski definition) is 2. The molecule has 16 heavy (non-hydrogen) atoms. The van der Waals surface area contributed by atoms with Crippen LogP contribution in [-0.4, -0.2) is 25.3 Å². The van der Waals surface area contributed by atoms with Gasteiger partial charge in [-0.15, -0.1) is 12.4 Å². The van der Waals surface area contributed by atoms with Crippen LogP contribution in [0.25, 0.3) is 0 Å². The Kier molecular flexibility index (Phi) is 4.28. The smallest absolute Gasteiger partial charge is 0.0471 e. The molecule has 1 N–H and O–H groups in total. The summed E-state index contributed by atoms with van der Waals surface area (Å²) >= 11 is 0. The summed E-state index contributed by atoms with van der Waals surface area (Å²) in [5.74, 6) is 0.811. The van der Waals surface area contributed by atoms with E-state index in [-0.39, 0.29) is 12.4 Å². The maximum atomic E-state index is 5.40. The van der Waals surface area contributed by atoms with Gasteiger partial charge in [0.15, 0.2) is 0 Å². The fourth-order valence-electron chi connectivity index (χ4n) is 3.29. The average molecular weight is 244 g/mol. The highest BCUT2D eigenvalue weighted by Gasteiger charge is 2.30. The summed E-state index contributed by atoms with van der Waals surface area (Å²) in [7, 11) is 0. The van der Waals surface area contributed by atoms with Crippen molar-refractivity contribution in [2.45, 2.75) is 50.6 Å². The molecule has 2 nitrogen and oxygen atoms in total. The van der Waals surface area contributed by atoms with Crippen molar-refractivity contribution in [2.75, 3.05) is 13.2 Å². The highest BCUT2D eigenvalue weighted by atomic mass is 35.5. The SMILES string of the molecule is C(=C1CC2CCC(C1)N2)C1CCOCC1.Cl. The molecule has 0 aromatic rings. The molecule has 2 bridgehead atoms. The zero-order valence-electron chi connectivity index (χ0n) is 9.78. The molecule has 92 valence electrons. The van der Waals surface area contributed by atoms with Crippen LogP contribution < -0.4 is 5.32 Å². The number of rotatable bonds is 1. The lowest BCUT2D eigenvalue weighted by molar-refractivity contribution is 0.0782. The Labute approximate surface area is 104 Å². The lowest BCUT2D eigenvalue weighted by Gasteiger charge is -2.26. The van der Waals surface area contributed by atoms with E-state index in [1.54, 1.807) is 5.57 Å². The van der Waals surface area contributed by atoms with Gasteiger partial charge in [0, 0.05) is 25.3 Å². The third-order valence-electron chi connectivity index (χ3n) is 4.09. The van der Waals surface area contributed by atoms with Gasteiger partial charge < -0.3 is 10.1 Å². The minimum absolute atomic E-state index is 0. The highest BCUT2D eigenvalue weighted by molar-refractivity contribution is 5.85. The van der Waals surface area contributed by atoms with Crippen molar-refractivity contribution in [3.8, 4) is 0 Å². The summed E-state index contributed by atoms with van der Waals surface area (Å²) in [6.07, 6.45) is 10.5. The maximum absolute atomic E-state index is 5.40. The van der Waals surface area contributed by atoms with Crippen LogP contribution in [0, 0.1) is 5.92 Å². The van der Waals surface area contributed by atoms with E-state index in [1.165, 1.54) is 38.5 Å². The zero-order chi connectivity index (χ0) is 10.1. The van der Waals surface area contributed by atoms with Gasteiger partial charge >= 0.3 is 0 Å². The lowest BCUT2D eigenvalue weighted by atomic mass is 9.91. The van der Waals surface area contributed by atoms with E-state index in [1.807, 2.05) is 0 Å². The van der Waals surface area contributed by atoms with Crippen LogP contribution in [0.5, 0.6) is 0 Å². The Morgan fingerprint density at radius 1 is 1.00 bits per heavy atom. The third kappa shape index (κ3) is 2.79. The molecule has 0 radical (unpaired) electrons. The largest absolute Gasteiger partial charge is 0.381 e. The number of piperidine rings is 1. The highest BCUT2D eigenvalue weighted by Crippen LogP contribution is 2.32. The second-order valence-corrected chi connectivity index (χ2v) is 5.32. The van der Waals surface area contributed by atoms with Crippen LogP contribution in [0.4, 0.5) is 0 Å². The molecular weight excluding hydrogens is 222 g/mol. The van der Waals surface area contributed by atoms with Gasteiger partial charge in [-0.05, 0) is 44.4 Å². The number of hydrogen-bond donors (Lipinski definition) is 1. The first-order valence-corrected chi connectivity index (χ1v) is 6.43. The van der Waals surface area contributed by atoms with Gasteiger partial charge in [-0.25, -0.2) is 0 Å². The number of fused-ring (bicyclic) bond motifs is 2. The summed E-state index contributed by atoms with van der Waals surface area (Å²) in [4.78, 5) is 0. The molecule has 0 spiro atoms. The third-order valence-corrected chi connectivity index (χ3v) is 4.09. The van der Waals surface area contributed by atoms with Gasteiger partial charge in [0.25, 0.3) is 0 Å². The Morgan fingerprint density at radius 2 is 1.62 bits per heavy atom. The van der Waals surface area contributed by atoms with E-state index < -0.39 is 0 Å². The summed E-state index contributed by atoms with van der Waals surface area (Å²) in [6.45, 7) is 1.94. The molecule has 0 aliphatic carbocycles. The molecule has 2 atom stereocenters. The first-order valence-electron chi connectivity index (χ1n) is 6.43. The molecule has 0 aromatic carbocycles. The summed E-state index contributed by atoms with van der Waals surface area (Å²) in [5, 5.41) is 3.69. The molecule has 3 aliphatic heterocycles. The van der Waals surface area contributed by atoms with E-state index in [0.29, 0.717) is 0 Å². The van der Waals surface area contributed by atoms with Gasteiger partial charge in [-0.1, -0.05) is 11.6 Å². The van der Waals surface area contributed by atoms with Crippen LogP contribution in [0.15, 0.2) is 11.6 Å². The standard InChI is InChI=1S/C13H21NO.ClH/c1-2-13-9-11(8-12(1)14-13)7-10-3-5-15-6-4-10;/h7,10,12-14H,1-6,8-9H2;1H. The van der Waals surface area contributed by atoms with Crippen LogP contribution >= 0.6 is 12.4 Å². The minimum Gasteiger partial charge on any atom is -0.381 e. The summed E-state index contributed by atoms with van der Waals surface area (Å²) in [5.41, 5.74) is 1.73. The van der Waals surface area contributed by atoms with Crippen LogP contribution in [0.1, 0.15) is 38.5 Å². The zero-order valence-corrected chi connectivity index (χ0v) is 10.6. The maximum Gasteiger partial charge on any atom is 0.0471 e. The molecule has 3 rings (SSSR count). The van der Waals surface area contributed by atoms with E-state index >= 15 is 0 Å². The van der Waals surface area contributed by atoms with Crippen molar-refractivity contribution in [3.05, 3.63) is 11.6 Å². The molecular formula is C13H22ClNO. The van der Waals surface area contributed by atoms with Crippen molar-refractivity contribution in [2.24, 2.45) is 5.92 Å². The second-order valence-electron chi connectivity index (χ2n) is 5.32.